The van der Waals surface area contributed by atoms with Crippen LogP contribution in [-0.2, 0) is 4.79 Å². The summed E-state index contributed by atoms with van der Waals surface area (Å²) < 4.78 is 0. The molecule has 1 aromatic heterocycles. The summed E-state index contributed by atoms with van der Waals surface area (Å²) in [6, 6.07) is 17.2. The minimum Gasteiger partial charge on any atom is -0.343 e. The number of aromatic nitrogens is 1. The van der Waals surface area contributed by atoms with Crippen LogP contribution in [-0.4, -0.2) is 23.3 Å². The van der Waals surface area contributed by atoms with Crippen molar-refractivity contribution in [1.29, 1.82) is 0 Å². The van der Waals surface area contributed by atoms with Gasteiger partial charge in [-0.3, -0.25) is 9.59 Å². The molecule has 2 amide bonds. The summed E-state index contributed by atoms with van der Waals surface area (Å²) in [4.78, 5) is 28.1. The van der Waals surface area contributed by atoms with Crippen molar-refractivity contribution in [3.63, 3.8) is 0 Å². The van der Waals surface area contributed by atoms with Crippen molar-refractivity contribution < 1.29 is 9.59 Å². The summed E-state index contributed by atoms with van der Waals surface area (Å²) in [5.41, 5.74) is 3.49. The first kappa shape index (κ1) is 16.9. The van der Waals surface area contributed by atoms with Crippen molar-refractivity contribution >= 4 is 28.3 Å². The Labute approximate surface area is 149 Å². The summed E-state index contributed by atoms with van der Waals surface area (Å²) in [6.45, 7) is 1.75. The van der Waals surface area contributed by atoms with Gasteiger partial charge in [0.2, 0.25) is 5.91 Å². The van der Waals surface area contributed by atoms with Crippen LogP contribution >= 0.6 is 11.3 Å². The lowest BCUT2D eigenvalue weighted by molar-refractivity contribution is -0.115. The fraction of sp³-hybridized carbons (Fsp3) is 0.105. The molecule has 0 saturated heterocycles. The molecule has 6 heteroatoms. The van der Waals surface area contributed by atoms with Gasteiger partial charge >= 0.3 is 0 Å². The van der Waals surface area contributed by atoms with E-state index in [9.17, 15) is 9.59 Å². The summed E-state index contributed by atoms with van der Waals surface area (Å²) in [5, 5.41) is 7.65. The van der Waals surface area contributed by atoms with Crippen molar-refractivity contribution in [3.05, 3.63) is 71.2 Å². The third-order valence-corrected chi connectivity index (χ3v) is 4.40. The van der Waals surface area contributed by atoms with Gasteiger partial charge in [0.05, 0.1) is 12.2 Å². The van der Waals surface area contributed by atoms with Gasteiger partial charge < -0.3 is 10.6 Å². The van der Waals surface area contributed by atoms with Crippen LogP contribution in [0.2, 0.25) is 0 Å². The first-order valence-corrected chi connectivity index (χ1v) is 8.65. The zero-order chi connectivity index (χ0) is 17.6. The van der Waals surface area contributed by atoms with E-state index in [2.05, 4.69) is 15.6 Å². The maximum absolute atomic E-state index is 12.1. The molecule has 0 aliphatic heterocycles. The number of hydrogen-bond acceptors (Lipinski definition) is 4. The molecule has 126 valence electrons. The van der Waals surface area contributed by atoms with Crippen molar-refractivity contribution in [3.8, 4) is 11.1 Å². The quantitative estimate of drug-likeness (QED) is 0.739. The lowest BCUT2D eigenvalue weighted by Crippen LogP contribution is -2.32. The van der Waals surface area contributed by atoms with Crippen LogP contribution in [0.15, 0.2) is 60.0 Å². The van der Waals surface area contributed by atoms with Gasteiger partial charge in [-0.15, -0.1) is 11.3 Å². The number of hydrogen-bond donors (Lipinski definition) is 2. The van der Waals surface area contributed by atoms with E-state index in [-0.39, 0.29) is 18.4 Å². The van der Waals surface area contributed by atoms with Gasteiger partial charge in [-0.1, -0.05) is 42.5 Å². The van der Waals surface area contributed by atoms with Gasteiger partial charge in [0, 0.05) is 10.9 Å². The van der Waals surface area contributed by atoms with E-state index in [0.29, 0.717) is 10.7 Å². The second-order valence-electron chi connectivity index (χ2n) is 5.47. The van der Waals surface area contributed by atoms with Crippen molar-refractivity contribution in [2.45, 2.75) is 6.92 Å². The maximum Gasteiger partial charge on any atom is 0.251 e. The number of anilines is 1. The molecule has 0 saturated carbocycles. The zero-order valence-corrected chi connectivity index (χ0v) is 14.5. The van der Waals surface area contributed by atoms with Crippen LogP contribution in [0.5, 0.6) is 0 Å². The van der Waals surface area contributed by atoms with Gasteiger partial charge in [-0.05, 0) is 30.2 Å². The highest BCUT2D eigenvalue weighted by Gasteiger charge is 2.10. The van der Waals surface area contributed by atoms with Gasteiger partial charge in [-0.25, -0.2) is 4.98 Å². The molecule has 0 aliphatic rings. The minimum atomic E-state index is -0.302. The molecule has 2 N–H and O–H groups in total. The highest BCUT2D eigenvalue weighted by atomic mass is 32.1. The number of benzene rings is 2. The number of thiazole rings is 1. The standard InChI is InChI=1S/C19H17N3O2S/c1-13-12-25-19(21-13)22-17(23)11-20-18(24)16-9-7-15(8-10-16)14-5-3-2-4-6-14/h2-10,12H,11H2,1H3,(H,20,24)(H,21,22,23). The number of aryl methyl sites for hydroxylation is 1. The molecule has 2 aromatic carbocycles. The Morgan fingerprint density at radius 2 is 1.68 bits per heavy atom. The smallest absolute Gasteiger partial charge is 0.251 e. The maximum atomic E-state index is 12.1. The summed E-state index contributed by atoms with van der Waals surface area (Å²) in [5.74, 6) is -0.589. The molecule has 3 rings (SSSR count). The Kier molecular flexibility index (Phi) is 5.20. The average molecular weight is 351 g/mol. The lowest BCUT2D eigenvalue weighted by atomic mass is 10.0. The molecule has 5 nitrogen and oxygen atoms in total. The zero-order valence-electron chi connectivity index (χ0n) is 13.7. The molecule has 0 fully saturated rings. The third-order valence-electron chi connectivity index (χ3n) is 3.53. The summed E-state index contributed by atoms with van der Waals surface area (Å²) in [7, 11) is 0. The third kappa shape index (κ3) is 4.51. The van der Waals surface area contributed by atoms with Crippen LogP contribution in [0.25, 0.3) is 11.1 Å². The number of carbonyl (C=O) groups is 2. The first-order chi connectivity index (χ1) is 12.1. The van der Waals surface area contributed by atoms with Crippen LogP contribution in [0, 0.1) is 6.92 Å². The average Bonchev–Trinajstić information content (AvgIpc) is 3.05. The molecule has 0 radical (unpaired) electrons. The molecule has 0 atom stereocenters. The Morgan fingerprint density at radius 1 is 1.00 bits per heavy atom. The topological polar surface area (TPSA) is 71.1 Å². The molecule has 0 bridgehead atoms. The van der Waals surface area contributed by atoms with Crippen LogP contribution in [0.1, 0.15) is 16.1 Å². The van der Waals surface area contributed by atoms with Crippen molar-refractivity contribution in [1.82, 2.24) is 10.3 Å². The largest absolute Gasteiger partial charge is 0.343 e. The molecule has 25 heavy (non-hydrogen) atoms. The number of carbonyl (C=O) groups excluding carboxylic acids is 2. The lowest BCUT2D eigenvalue weighted by Gasteiger charge is -2.06. The van der Waals surface area contributed by atoms with E-state index >= 15 is 0 Å². The van der Waals surface area contributed by atoms with Gasteiger partial charge in [0.25, 0.3) is 5.91 Å². The fourth-order valence-corrected chi connectivity index (χ4v) is 2.99. The predicted molar refractivity (Wildman–Crippen MR) is 99.7 cm³/mol. The molecular formula is C19H17N3O2S. The van der Waals surface area contributed by atoms with E-state index in [0.717, 1.165) is 16.8 Å². The minimum absolute atomic E-state index is 0.0993. The Bertz CT molecular complexity index is 873. The first-order valence-electron chi connectivity index (χ1n) is 7.77. The summed E-state index contributed by atoms with van der Waals surface area (Å²) in [6.07, 6.45) is 0. The van der Waals surface area contributed by atoms with E-state index in [1.165, 1.54) is 11.3 Å². The van der Waals surface area contributed by atoms with Crippen LogP contribution < -0.4 is 10.6 Å². The van der Waals surface area contributed by atoms with Crippen LogP contribution in [0.4, 0.5) is 5.13 Å². The molecular weight excluding hydrogens is 334 g/mol. The molecule has 1 heterocycles. The van der Waals surface area contributed by atoms with Crippen molar-refractivity contribution in [2.24, 2.45) is 0 Å². The van der Waals surface area contributed by atoms with Gasteiger partial charge in [0.1, 0.15) is 0 Å². The van der Waals surface area contributed by atoms with E-state index in [1.54, 1.807) is 12.1 Å². The van der Waals surface area contributed by atoms with Crippen LogP contribution in [0.3, 0.4) is 0 Å². The number of nitrogens with one attached hydrogen (secondary N) is 2. The fourth-order valence-electron chi connectivity index (χ4n) is 2.28. The second-order valence-corrected chi connectivity index (χ2v) is 6.33. The molecule has 0 spiro atoms. The molecule has 3 aromatic rings. The van der Waals surface area contributed by atoms with Gasteiger partial charge in [-0.2, -0.15) is 0 Å². The van der Waals surface area contributed by atoms with Crippen molar-refractivity contribution in [2.75, 3.05) is 11.9 Å². The van der Waals surface area contributed by atoms with E-state index < -0.39 is 0 Å². The predicted octanol–water partition coefficient (Wildman–Crippen LogP) is 3.49. The summed E-state index contributed by atoms with van der Waals surface area (Å²) >= 11 is 1.35. The highest BCUT2D eigenvalue weighted by Crippen LogP contribution is 2.19. The Balaban J connectivity index is 1.55. The Morgan fingerprint density at radius 3 is 2.32 bits per heavy atom. The SMILES string of the molecule is Cc1csc(NC(=O)CNC(=O)c2ccc(-c3ccccc3)cc2)n1. The highest BCUT2D eigenvalue weighted by molar-refractivity contribution is 7.13. The molecule has 0 unspecified atom stereocenters. The second kappa shape index (κ2) is 7.72. The molecule has 0 aliphatic carbocycles. The van der Waals surface area contributed by atoms with E-state index in [1.807, 2.05) is 54.8 Å². The monoisotopic (exact) mass is 351 g/mol. The number of nitrogens with zero attached hydrogens (tertiary/aromatic N) is 1. The Hall–Kier alpha value is -2.99. The van der Waals surface area contributed by atoms with Gasteiger partial charge in [0.15, 0.2) is 5.13 Å². The number of rotatable bonds is 5. The number of amides is 2. The van der Waals surface area contributed by atoms with E-state index in [4.69, 9.17) is 0 Å². The normalized spacial score (nSPS) is 10.3.